The zero-order valence-corrected chi connectivity index (χ0v) is 17.0. The van der Waals surface area contributed by atoms with E-state index in [1.807, 2.05) is 6.07 Å². The molecule has 3 aromatic carbocycles. The van der Waals surface area contributed by atoms with Gasteiger partial charge in [0.15, 0.2) is 17.5 Å². The van der Waals surface area contributed by atoms with Crippen LogP contribution in [0.25, 0.3) is 6.08 Å². The van der Waals surface area contributed by atoms with Crippen LogP contribution in [0.1, 0.15) is 15.9 Å². The van der Waals surface area contributed by atoms with Crippen LogP contribution in [0.2, 0.25) is 0 Å². The molecule has 0 radical (unpaired) electrons. The molecule has 31 heavy (non-hydrogen) atoms. The second-order valence-electron chi connectivity index (χ2n) is 6.21. The molecule has 0 spiro atoms. The summed E-state index contributed by atoms with van der Waals surface area (Å²) in [6.07, 6.45) is 1.40. The van der Waals surface area contributed by atoms with E-state index >= 15 is 0 Å². The van der Waals surface area contributed by atoms with E-state index in [0.717, 1.165) is 5.41 Å². The summed E-state index contributed by atoms with van der Waals surface area (Å²) < 4.78 is 35.1. The molecule has 0 saturated carbocycles. The molecule has 0 amide bonds. The van der Waals surface area contributed by atoms with Crippen molar-refractivity contribution in [1.82, 2.24) is 0 Å². The number of ether oxygens (including phenoxy) is 1. The van der Waals surface area contributed by atoms with Gasteiger partial charge < -0.3 is 20.4 Å². The van der Waals surface area contributed by atoms with Gasteiger partial charge in [0, 0.05) is 0 Å². The number of carbonyl (C=O) groups excluding carboxylic acids is 1. The Hall–Kier alpha value is -4.11. The summed E-state index contributed by atoms with van der Waals surface area (Å²) in [6.45, 7) is 0. The fourth-order valence-corrected chi connectivity index (χ4v) is 3.23. The molecule has 0 aliphatic rings. The van der Waals surface area contributed by atoms with Crippen LogP contribution in [0, 0.1) is 0 Å². The predicted molar refractivity (Wildman–Crippen MR) is 118 cm³/mol. The van der Waals surface area contributed by atoms with Gasteiger partial charge in [-0.3, -0.25) is 0 Å². The molecule has 0 unspecified atom stereocenters. The second kappa shape index (κ2) is 9.59. The lowest BCUT2D eigenvalue weighted by molar-refractivity contribution is 0.0731. The standard InChI is InChI=1S/C22H19N3O5S/c23-22(24)25-18-12-10-17(11-13-18)21(26)29-19-8-4-5-9-20(19)30-31(27,28)15-14-16-6-2-1-3-7-16/h1-15H,(H4,23,24,25). The minimum Gasteiger partial charge on any atom is -0.419 e. The SMILES string of the molecule is NC(N)=Nc1ccc(C(=O)Oc2ccccc2OS(=O)(=O)C=Cc2ccccc2)cc1. The monoisotopic (exact) mass is 437 g/mol. The fourth-order valence-electron chi connectivity index (χ4n) is 2.46. The van der Waals surface area contributed by atoms with Gasteiger partial charge in [0.2, 0.25) is 0 Å². The molecule has 4 N–H and O–H groups in total. The zero-order valence-electron chi connectivity index (χ0n) is 16.2. The summed E-state index contributed by atoms with van der Waals surface area (Å²) in [5.74, 6) is -0.975. The molecule has 158 valence electrons. The molecular formula is C22H19N3O5S. The van der Waals surface area contributed by atoms with Crippen LogP contribution >= 0.6 is 0 Å². The number of para-hydroxylation sites is 2. The highest BCUT2D eigenvalue weighted by atomic mass is 32.2. The molecule has 0 atom stereocenters. The molecule has 0 aliphatic carbocycles. The van der Waals surface area contributed by atoms with Gasteiger partial charge in [-0.05, 0) is 48.0 Å². The Balaban J connectivity index is 1.75. The molecule has 0 fully saturated rings. The van der Waals surface area contributed by atoms with Gasteiger partial charge in [-0.15, -0.1) is 0 Å². The first-order valence-corrected chi connectivity index (χ1v) is 10.5. The lowest BCUT2D eigenvalue weighted by Gasteiger charge is -2.10. The summed E-state index contributed by atoms with van der Waals surface area (Å²) >= 11 is 0. The minimum atomic E-state index is -4.08. The highest BCUT2D eigenvalue weighted by molar-refractivity contribution is 7.90. The molecule has 8 nitrogen and oxygen atoms in total. The van der Waals surface area contributed by atoms with E-state index in [9.17, 15) is 13.2 Å². The molecule has 9 heteroatoms. The van der Waals surface area contributed by atoms with Crippen molar-refractivity contribution in [2.45, 2.75) is 0 Å². The van der Waals surface area contributed by atoms with Crippen LogP contribution in [0.3, 0.4) is 0 Å². The number of aliphatic imine (C=N–C) groups is 1. The van der Waals surface area contributed by atoms with Gasteiger partial charge in [0.1, 0.15) is 0 Å². The summed E-state index contributed by atoms with van der Waals surface area (Å²) in [6, 6.07) is 20.9. The summed E-state index contributed by atoms with van der Waals surface area (Å²) in [5, 5.41) is 0.934. The van der Waals surface area contributed by atoms with Crippen molar-refractivity contribution in [3.05, 3.63) is 95.4 Å². The predicted octanol–water partition coefficient (Wildman–Crippen LogP) is 3.19. The van der Waals surface area contributed by atoms with Crippen LogP contribution in [0.15, 0.2) is 89.3 Å². The third kappa shape index (κ3) is 6.44. The van der Waals surface area contributed by atoms with E-state index in [0.29, 0.717) is 11.3 Å². The van der Waals surface area contributed by atoms with E-state index in [1.54, 1.807) is 36.4 Å². The van der Waals surface area contributed by atoms with E-state index < -0.39 is 16.1 Å². The number of rotatable bonds is 7. The lowest BCUT2D eigenvalue weighted by atomic mass is 10.2. The summed E-state index contributed by atoms with van der Waals surface area (Å²) in [7, 11) is -4.08. The van der Waals surface area contributed by atoms with E-state index in [4.69, 9.17) is 20.4 Å². The molecule has 3 aromatic rings. The Labute approximate surface area is 179 Å². The number of esters is 1. The van der Waals surface area contributed by atoms with Crippen molar-refractivity contribution < 1.29 is 22.1 Å². The van der Waals surface area contributed by atoms with Crippen LogP contribution in [0.5, 0.6) is 11.5 Å². The highest BCUT2D eigenvalue weighted by Gasteiger charge is 2.16. The Morgan fingerprint density at radius 2 is 1.45 bits per heavy atom. The average Bonchev–Trinajstić information content (AvgIpc) is 2.74. The van der Waals surface area contributed by atoms with Crippen LogP contribution in [-0.2, 0) is 10.1 Å². The first kappa shape index (κ1) is 21.6. The van der Waals surface area contributed by atoms with Crippen molar-refractivity contribution in [3.63, 3.8) is 0 Å². The van der Waals surface area contributed by atoms with E-state index in [1.165, 1.54) is 42.5 Å². The number of nitrogens with two attached hydrogens (primary N) is 2. The maximum atomic E-state index is 12.4. The quantitative estimate of drug-likeness (QED) is 0.191. The smallest absolute Gasteiger partial charge is 0.343 e. The number of nitrogens with zero attached hydrogens (tertiary/aromatic N) is 1. The van der Waals surface area contributed by atoms with Crippen molar-refractivity contribution in [2.75, 3.05) is 0 Å². The van der Waals surface area contributed by atoms with Crippen LogP contribution in [0.4, 0.5) is 5.69 Å². The Morgan fingerprint density at radius 3 is 2.10 bits per heavy atom. The first-order valence-electron chi connectivity index (χ1n) is 9.01. The van der Waals surface area contributed by atoms with Crippen molar-refractivity contribution >= 4 is 33.8 Å². The number of benzene rings is 3. The number of guanidine groups is 1. The molecule has 0 heterocycles. The van der Waals surface area contributed by atoms with Gasteiger partial charge in [-0.2, -0.15) is 8.42 Å². The number of hydrogen-bond donors (Lipinski definition) is 2. The maximum Gasteiger partial charge on any atom is 0.343 e. The van der Waals surface area contributed by atoms with Crippen molar-refractivity contribution in [1.29, 1.82) is 0 Å². The highest BCUT2D eigenvalue weighted by Crippen LogP contribution is 2.29. The number of carbonyl (C=O) groups is 1. The summed E-state index contributed by atoms with van der Waals surface area (Å²) in [5.41, 5.74) is 12.0. The molecule has 3 rings (SSSR count). The largest absolute Gasteiger partial charge is 0.419 e. The van der Waals surface area contributed by atoms with Gasteiger partial charge in [0.25, 0.3) is 0 Å². The Kier molecular flexibility index (Phi) is 6.68. The lowest BCUT2D eigenvalue weighted by Crippen LogP contribution is -2.21. The Morgan fingerprint density at radius 1 is 0.839 bits per heavy atom. The second-order valence-corrected chi connectivity index (χ2v) is 7.63. The van der Waals surface area contributed by atoms with Crippen molar-refractivity contribution in [3.8, 4) is 11.5 Å². The zero-order chi connectivity index (χ0) is 22.3. The topological polar surface area (TPSA) is 134 Å². The third-order valence-electron chi connectivity index (χ3n) is 3.85. The van der Waals surface area contributed by atoms with Gasteiger partial charge in [0.05, 0.1) is 16.7 Å². The van der Waals surface area contributed by atoms with Gasteiger partial charge in [-0.25, -0.2) is 9.79 Å². The van der Waals surface area contributed by atoms with Crippen LogP contribution < -0.4 is 20.4 Å². The third-order valence-corrected chi connectivity index (χ3v) is 4.73. The van der Waals surface area contributed by atoms with Crippen LogP contribution in [-0.4, -0.2) is 20.3 Å². The van der Waals surface area contributed by atoms with E-state index in [2.05, 4.69) is 4.99 Å². The maximum absolute atomic E-state index is 12.4. The molecule has 0 saturated heterocycles. The molecule has 0 bridgehead atoms. The summed E-state index contributed by atoms with van der Waals surface area (Å²) in [4.78, 5) is 16.3. The van der Waals surface area contributed by atoms with E-state index in [-0.39, 0.29) is 23.0 Å². The molecule has 0 aliphatic heterocycles. The van der Waals surface area contributed by atoms with Crippen molar-refractivity contribution in [2.24, 2.45) is 16.5 Å². The molecule has 0 aromatic heterocycles. The normalized spacial score (nSPS) is 11.1. The fraction of sp³-hybridized carbons (Fsp3) is 0. The average molecular weight is 437 g/mol. The van der Waals surface area contributed by atoms with Gasteiger partial charge in [-0.1, -0.05) is 42.5 Å². The minimum absolute atomic E-state index is 0.0440. The van der Waals surface area contributed by atoms with Gasteiger partial charge >= 0.3 is 16.1 Å². The Bertz CT molecular complexity index is 1220. The first-order chi connectivity index (χ1) is 14.8. The molecular weight excluding hydrogens is 418 g/mol. The number of hydrogen-bond acceptors (Lipinski definition) is 6.